The Kier molecular flexibility index (Phi) is 12.4. The molecule has 130 valence electrons. The monoisotopic (exact) mass is 456 g/mol. The molecular formula is C20H28Cl2SiZr. The van der Waals surface area contributed by atoms with Gasteiger partial charge in [-0.1, -0.05) is 73.9 Å². The Morgan fingerprint density at radius 3 is 2.42 bits per heavy atom. The fourth-order valence-corrected chi connectivity index (χ4v) is 4.67. The molecule has 0 aliphatic heterocycles. The van der Waals surface area contributed by atoms with Crippen molar-refractivity contribution in [1.29, 1.82) is 0 Å². The molecule has 2 radical (unpaired) electrons. The van der Waals surface area contributed by atoms with Gasteiger partial charge in [0, 0.05) is 9.52 Å². The molecule has 4 heteroatoms. The minimum Gasteiger partial charge on any atom is -1.00 e. The van der Waals surface area contributed by atoms with Gasteiger partial charge in [-0.05, 0) is 24.7 Å². The predicted molar refractivity (Wildman–Crippen MR) is 94.6 cm³/mol. The number of fused-ring (bicyclic) bond motifs is 3. The summed E-state index contributed by atoms with van der Waals surface area (Å²) in [5.41, 5.74) is 1.70. The van der Waals surface area contributed by atoms with Crippen LogP contribution in [0.2, 0.25) is 13.1 Å². The predicted octanol–water partition coefficient (Wildman–Crippen LogP) is -0.994. The third-order valence-electron chi connectivity index (χ3n) is 5.45. The van der Waals surface area contributed by atoms with E-state index >= 15 is 0 Å². The van der Waals surface area contributed by atoms with Crippen molar-refractivity contribution < 1.29 is 51.0 Å². The summed E-state index contributed by atoms with van der Waals surface area (Å²) in [6, 6.07) is 0. The van der Waals surface area contributed by atoms with Gasteiger partial charge in [-0.2, -0.15) is 5.92 Å². The van der Waals surface area contributed by atoms with Gasteiger partial charge in [0.15, 0.2) is 0 Å². The fourth-order valence-electron chi connectivity index (χ4n) is 4.67. The second-order valence-corrected chi connectivity index (χ2v) is 8.00. The van der Waals surface area contributed by atoms with Crippen LogP contribution in [0, 0.1) is 36.0 Å². The summed E-state index contributed by atoms with van der Waals surface area (Å²) in [5, 5.41) is 0. The van der Waals surface area contributed by atoms with E-state index in [2.05, 4.69) is 62.0 Å². The molecule has 2 saturated carbocycles. The standard InChI is InChI=1S/C18H21.C2H7Si.2ClH.Zr/c1-2-7-13(6-1)15-10-5-11-17-16-9-4-3-8-14(16)12-18(15)17;1-3-2;;;/h1-4,6,8-9,12,14-18H,5,7,10-11H2;3H,1-2H3;2*1H;/q-1;;;;+3/p-2. The molecule has 5 unspecified atom stereocenters. The van der Waals surface area contributed by atoms with E-state index in [4.69, 9.17) is 0 Å². The van der Waals surface area contributed by atoms with Crippen LogP contribution in [0.4, 0.5) is 0 Å². The zero-order chi connectivity index (χ0) is 14.7. The molecular weight excluding hydrogens is 430 g/mol. The second-order valence-electron chi connectivity index (χ2n) is 6.85. The van der Waals surface area contributed by atoms with Gasteiger partial charge in [-0.15, -0.1) is 12.0 Å². The van der Waals surface area contributed by atoms with Crippen LogP contribution in [-0.2, 0) is 26.2 Å². The van der Waals surface area contributed by atoms with Gasteiger partial charge in [0.25, 0.3) is 0 Å². The Hall–Kier alpha value is 0.640. The van der Waals surface area contributed by atoms with Gasteiger partial charge in [0.05, 0.1) is 0 Å². The molecule has 0 bridgehead atoms. The average Bonchev–Trinajstić information content (AvgIpc) is 3.15. The summed E-state index contributed by atoms with van der Waals surface area (Å²) >= 11 is 0. The van der Waals surface area contributed by atoms with E-state index in [1.807, 2.05) is 0 Å². The molecule has 24 heavy (non-hydrogen) atoms. The summed E-state index contributed by atoms with van der Waals surface area (Å²) in [6.07, 6.45) is 24.5. The quantitative estimate of drug-likeness (QED) is 0.350. The van der Waals surface area contributed by atoms with Gasteiger partial charge >= 0.3 is 26.2 Å². The largest absolute Gasteiger partial charge is 3.00 e. The first-order chi connectivity index (χ1) is 10.3. The number of hydrogen-bond donors (Lipinski definition) is 0. The van der Waals surface area contributed by atoms with E-state index in [1.165, 1.54) is 25.7 Å². The maximum absolute atomic E-state index is 2.68. The number of allylic oxidation sites excluding steroid dienone is 8. The molecule has 0 aromatic rings. The molecule has 0 saturated heterocycles. The van der Waals surface area contributed by atoms with E-state index in [9.17, 15) is 0 Å². The Bertz CT molecular complexity index is 484. The molecule has 0 heterocycles. The smallest absolute Gasteiger partial charge is 1.00 e. The van der Waals surface area contributed by atoms with Crippen molar-refractivity contribution in [2.75, 3.05) is 0 Å². The van der Waals surface area contributed by atoms with E-state index in [1.54, 1.807) is 5.57 Å². The second kappa shape index (κ2) is 12.1. The SMILES string of the molecule is C1=CCC(C2CCCC3C4C=CC=CC4[CH-]C23)=C1.C[SiH]C.[Cl-].[Cl-].[Zr+3]. The van der Waals surface area contributed by atoms with E-state index in [0.717, 1.165) is 39.1 Å². The molecule has 2 fully saturated rings. The molecule has 5 atom stereocenters. The van der Waals surface area contributed by atoms with Gasteiger partial charge in [-0.3, -0.25) is 0 Å². The Morgan fingerprint density at radius 2 is 1.75 bits per heavy atom. The summed E-state index contributed by atoms with van der Waals surface area (Å²) in [6.45, 7) is 4.42. The van der Waals surface area contributed by atoms with Crippen LogP contribution in [-0.4, -0.2) is 9.52 Å². The van der Waals surface area contributed by atoms with Crippen LogP contribution in [0.3, 0.4) is 0 Å². The van der Waals surface area contributed by atoms with Gasteiger partial charge in [-0.25, -0.2) is 0 Å². The average molecular weight is 459 g/mol. The zero-order valence-corrected chi connectivity index (χ0v) is 19.8. The molecule has 0 nitrogen and oxygen atoms in total. The first-order valence-corrected chi connectivity index (χ1v) is 11.0. The number of hydrogen-bond acceptors (Lipinski definition) is 0. The summed E-state index contributed by atoms with van der Waals surface area (Å²) < 4.78 is 0. The van der Waals surface area contributed by atoms with Crippen LogP contribution in [0.15, 0.2) is 48.1 Å². The van der Waals surface area contributed by atoms with Crippen LogP contribution < -0.4 is 24.8 Å². The van der Waals surface area contributed by atoms with E-state index in [-0.39, 0.29) is 51.0 Å². The maximum Gasteiger partial charge on any atom is 3.00 e. The molecule has 0 amide bonds. The van der Waals surface area contributed by atoms with Crippen LogP contribution in [0.5, 0.6) is 0 Å². The molecule has 0 aromatic carbocycles. The van der Waals surface area contributed by atoms with Crippen molar-refractivity contribution in [1.82, 2.24) is 0 Å². The van der Waals surface area contributed by atoms with Crippen LogP contribution >= 0.6 is 0 Å². The topological polar surface area (TPSA) is 0 Å². The van der Waals surface area contributed by atoms with E-state index < -0.39 is 0 Å². The Labute approximate surface area is 182 Å². The third kappa shape index (κ3) is 5.32. The number of rotatable bonds is 1. The fraction of sp³-hybridized carbons (Fsp3) is 0.550. The molecule has 0 N–H and O–H groups in total. The van der Waals surface area contributed by atoms with Crippen molar-refractivity contribution in [3.05, 3.63) is 54.5 Å². The van der Waals surface area contributed by atoms with Crippen molar-refractivity contribution in [2.45, 2.75) is 38.8 Å². The Morgan fingerprint density at radius 1 is 1.04 bits per heavy atom. The van der Waals surface area contributed by atoms with Crippen molar-refractivity contribution in [2.24, 2.45) is 29.6 Å². The van der Waals surface area contributed by atoms with Crippen molar-refractivity contribution in [3.8, 4) is 0 Å². The first kappa shape index (κ1) is 24.6. The number of halogens is 2. The summed E-state index contributed by atoms with van der Waals surface area (Å²) in [4.78, 5) is 0. The summed E-state index contributed by atoms with van der Waals surface area (Å²) in [5.74, 6) is 4.12. The van der Waals surface area contributed by atoms with Gasteiger partial charge < -0.3 is 31.2 Å². The Balaban J connectivity index is 0.000000827. The minimum atomic E-state index is 0. The minimum absolute atomic E-state index is 0. The van der Waals surface area contributed by atoms with E-state index in [0.29, 0.717) is 0 Å². The van der Waals surface area contributed by atoms with Gasteiger partial charge in [0.1, 0.15) is 0 Å². The van der Waals surface area contributed by atoms with Crippen LogP contribution in [0.1, 0.15) is 25.7 Å². The zero-order valence-electron chi connectivity index (χ0n) is 14.7. The maximum atomic E-state index is 2.68. The van der Waals surface area contributed by atoms with Crippen molar-refractivity contribution >= 4 is 9.52 Å². The summed E-state index contributed by atoms with van der Waals surface area (Å²) in [7, 11) is 0.750. The van der Waals surface area contributed by atoms with Crippen molar-refractivity contribution in [3.63, 3.8) is 0 Å². The molecule has 0 spiro atoms. The van der Waals surface area contributed by atoms with Gasteiger partial charge in [0.2, 0.25) is 0 Å². The first-order valence-electron chi connectivity index (χ1n) is 8.64. The third-order valence-corrected chi connectivity index (χ3v) is 5.45. The van der Waals surface area contributed by atoms with Crippen LogP contribution in [0.25, 0.3) is 0 Å². The molecule has 4 rings (SSSR count). The molecule has 4 aliphatic carbocycles. The molecule has 0 aromatic heterocycles. The molecule has 4 aliphatic rings. The normalized spacial score (nSPS) is 34.4.